The molecule has 0 saturated heterocycles. The van der Waals surface area contributed by atoms with Crippen molar-refractivity contribution < 1.29 is 13.6 Å². The number of hydrogen-bond acceptors (Lipinski definition) is 3. The van der Waals surface area contributed by atoms with Crippen molar-refractivity contribution >= 4 is 5.91 Å². The van der Waals surface area contributed by atoms with E-state index in [1.54, 1.807) is 42.8 Å². The minimum absolute atomic E-state index is 0.262. The van der Waals surface area contributed by atoms with E-state index in [4.69, 9.17) is 4.42 Å². The van der Waals surface area contributed by atoms with Gasteiger partial charge in [-0.3, -0.25) is 9.78 Å². The Balaban J connectivity index is 1.77. The Hall–Kier alpha value is -2.95. The van der Waals surface area contributed by atoms with Gasteiger partial charge in [0.25, 0.3) is 5.91 Å². The molecule has 0 unspecified atom stereocenters. The normalized spacial score (nSPS) is 10.4. The number of rotatable bonds is 4. The van der Waals surface area contributed by atoms with E-state index in [0.717, 1.165) is 0 Å². The summed E-state index contributed by atoms with van der Waals surface area (Å²) in [5.41, 5.74) is 1.77. The Morgan fingerprint density at radius 2 is 2.05 bits per heavy atom. The predicted molar refractivity (Wildman–Crippen MR) is 79.5 cm³/mol. The molecule has 5 heteroatoms. The Morgan fingerprint density at radius 1 is 1.14 bits per heavy atom. The fraction of sp³-hybridized carbons (Fsp3) is 0.0588. The summed E-state index contributed by atoms with van der Waals surface area (Å²) in [6.07, 6.45) is 4.62. The molecule has 2 aromatic heterocycles. The molecule has 0 aliphatic heterocycles. The summed E-state index contributed by atoms with van der Waals surface area (Å²) in [4.78, 5) is 16.2. The van der Waals surface area contributed by atoms with Crippen molar-refractivity contribution in [1.82, 2.24) is 10.3 Å². The van der Waals surface area contributed by atoms with E-state index in [-0.39, 0.29) is 11.7 Å². The van der Waals surface area contributed by atoms with Crippen molar-refractivity contribution in [1.29, 1.82) is 0 Å². The predicted octanol–water partition coefficient (Wildman–Crippen LogP) is 3.41. The lowest BCUT2D eigenvalue weighted by Crippen LogP contribution is -2.22. The van der Waals surface area contributed by atoms with Crippen LogP contribution in [0.4, 0.5) is 4.39 Å². The van der Waals surface area contributed by atoms with E-state index in [2.05, 4.69) is 10.3 Å². The molecule has 0 radical (unpaired) electrons. The largest absolute Gasteiger partial charge is 0.467 e. The van der Waals surface area contributed by atoms with Crippen molar-refractivity contribution in [3.05, 3.63) is 78.3 Å². The number of carbonyl (C=O) groups excluding carboxylic acids is 1. The summed E-state index contributed by atoms with van der Waals surface area (Å²) in [6.45, 7) is 0.302. The fourth-order valence-electron chi connectivity index (χ4n) is 2.07. The summed E-state index contributed by atoms with van der Waals surface area (Å²) in [5, 5.41) is 2.74. The average Bonchev–Trinajstić information content (AvgIpc) is 3.06. The van der Waals surface area contributed by atoms with E-state index < -0.39 is 0 Å². The third kappa shape index (κ3) is 3.20. The van der Waals surface area contributed by atoms with Crippen molar-refractivity contribution in [2.24, 2.45) is 0 Å². The van der Waals surface area contributed by atoms with Crippen LogP contribution in [-0.2, 0) is 6.54 Å². The van der Waals surface area contributed by atoms with Crippen LogP contribution in [0, 0.1) is 5.82 Å². The summed E-state index contributed by atoms with van der Waals surface area (Å²) in [7, 11) is 0. The topological polar surface area (TPSA) is 55.1 Å². The molecule has 0 saturated carbocycles. The molecule has 0 aliphatic carbocycles. The second-order valence-corrected chi connectivity index (χ2v) is 4.73. The number of benzene rings is 1. The maximum atomic E-state index is 13.3. The van der Waals surface area contributed by atoms with E-state index in [9.17, 15) is 9.18 Å². The first-order chi connectivity index (χ1) is 10.7. The van der Waals surface area contributed by atoms with Gasteiger partial charge < -0.3 is 9.73 Å². The third-order valence-corrected chi connectivity index (χ3v) is 3.16. The van der Waals surface area contributed by atoms with Crippen LogP contribution in [-0.4, -0.2) is 10.9 Å². The van der Waals surface area contributed by atoms with Crippen molar-refractivity contribution in [3.8, 4) is 11.1 Å². The number of hydrogen-bond donors (Lipinski definition) is 1. The molecule has 0 aliphatic rings. The zero-order valence-electron chi connectivity index (χ0n) is 11.6. The molecule has 3 aromatic rings. The molecule has 0 fully saturated rings. The number of nitrogens with zero attached hydrogens (tertiary/aromatic N) is 1. The SMILES string of the molecule is O=C(NCc1ccco1)c1cncc(-c2cccc(F)c2)c1. The second-order valence-electron chi connectivity index (χ2n) is 4.73. The molecular weight excluding hydrogens is 283 g/mol. The van der Waals surface area contributed by atoms with Crippen LogP contribution in [0.15, 0.2) is 65.5 Å². The molecule has 1 N–H and O–H groups in total. The van der Waals surface area contributed by atoms with Crippen LogP contribution in [0.2, 0.25) is 0 Å². The smallest absolute Gasteiger partial charge is 0.253 e. The summed E-state index contributed by atoms with van der Waals surface area (Å²) in [6, 6.07) is 11.4. The highest BCUT2D eigenvalue weighted by Crippen LogP contribution is 2.20. The molecule has 110 valence electrons. The maximum absolute atomic E-state index is 13.3. The summed E-state index contributed by atoms with van der Waals surface area (Å²) >= 11 is 0. The molecule has 4 nitrogen and oxygen atoms in total. The van der Waals surface area contributed by atoms with Gasteiger partial charge in [0.15, 0.2) is 0 Å². The molecule has 0 bridgehead atoms. The zero-order valence-corrected chi connectivity index (χ0v) is 11.6. The molecule has 1 amide bonds. The number of halogens is 1. The average molecular weight is 296 g/mol. The lowest BCUT2D eigenvalue weighted by atomic mass is 10.1. The number of amides is 1. The highest BCUT2D eigenvalue weighted by Gasteiger charge is 2.09. The minimum atomic E-state index is -0.329. The van der Waals surface area contributed by atoms with Gasteiger partial charge in [-0.2, -0.15) is 0 Å². The monoisotopic (exact) mass is 296 g/mol. The van der Waals surface area contributed by atoms with Gasteiger partial charge in [-0.05, 0) is 35.9 Å². The van der Waals surface area contributed by atoms with E-state index in [1.165, 1.54) is 18.3 Å². The molecular formula is C17H13FN2O2. The lowest BCUT2D eigenvalue weighted by molar-refractivity contribution is 0.0947. The van der Waals surface area contributed by atoms with Crippen LogP contribution < -0.4 is 5.32 Å². The third-order valence-electron chi connectivity index (χ3n) is 3.16. The number of nitrogens with one attached hydrogen (secondary N) is 1. The van der Waals surface area contributed by atoms with Gasteiger partial charge in [-0.25, -0.2) is 4.39 Å². The molecule has 0 atom stereocenters. The second kappa shape index (κ2) is 6.22. The number of pyridine rings is 1. The van der Waals surface area contributed by atoms with Crippen LogP contribution in [0.3, 0.4) is 0 Å². The van der Waals surface area contributed by atoms with Gasteiger partial charge in [-0.15, -0.1) is 0 Å². The quantitative estimate of drug-likeness (QED) is 0.802. The molecule has 22 heavy (non-hydrogen) atoms. The fourth-order valence-corrected chi connectivity index (χ4v) is 2.07. The van der Waals surface area contributed by atoms with Gasteiger partial charge in [0.1, 0.15) is 11.6 Å². The summed E-state index contributed by atoms with van der Waals surface area (Å²) < 4.78 is 18.4. The van der Waals surface area contributed by atoms with Gasteiger partial charge in [-0.1, -0.05) is 12.1 Å². The first-order valence-electron chi connectivity index (χ1n) is 6.74. The van der Waals surface area contributed by atoms with Crippen molar-refractivity contribution in [3.63, 3.8) is 0 Å². The van der Waals surface area contributed by atoms with E-state index in [0.29, 0.717) is 29.0 Å². The van der Waals surface area contributed by atoms with Crippen LogP contribution in [0.1, 0.15) is 16.1 Å². The first-order valence-corrected chi connectivity index (χ1v) is 6.74. The van der Waals surface area contributed by atoms with Crippen molar-refractivity contribution in [2.45, 2.75) is 6.54 Å². The number of carbonyl (C=O) groups is 1. The minimum Gasteiger partial charge on any atom is -0.467 e. The first kappa shape index (κ1) is 14.0. The Labute approximate surface area is 126 Å². The maximum Gasteiger partial charge on any atom is 0.253 e. The van der Waals surface area contributed by atoms with Crippen molar-refractivity contribution in [2.75, 3.05) is 0 Å². The van der Waals surface area contributed by atoms with Crippen LogP contribution in [0.5, 0.6) is 0 Å². The standard InChI is InChI=1S/C17H13FN2O2/c18-15-4-1-3-12(8-15)13-7-14(10-19-9-13)17(21)20-11-16-5-2-6-22-16/h1-10H,11H2,(H,20,21). The van der Waals surface area contributed by atoms with E-state index >= 15 is 0 Å². The zero-order chi connectivity index (χ0) is 15.4. The number of furan rings is 1. The highest BCUT2D eigenvalue weighted by molar-refractivity contribution is 5.94. The molecule has 1 aromatic carbocycles. The van der Waals surface area contributed by atoms with Gasteiger partial charge in [0.05, 0.1) is 18.4 Å². The summed E-state index contributed by atoms with van der Waals surface area (Å²) in [5.74, 6) is 0.0786. The van der Waals surface area contributed by atoms with Gasteiger partial charge in [0, 0.05) is 18.0 Å². The lowest BCUT2D eigenvalue weighted by Gasteiger charge is -2.06. The molecule has 0 spiro atoms. The number of aromatic nitrogens is 1. The molecule has 2 heterocycles. The van der Waals surface area contributed by atoms with Crippen LogP contribution >= 0.6 is 0 Å². The Kier molecular flexibility index (Phi) is 3.96. The Bertz CT molecular complexity index is 785. The highest BCUT2D eigenvalue weighted by atomic mass is 19.1. The van der Waals surface area contributed by atoms with Crippen LogP contribution in [0.25, 0.3) is 11.1 Å². The Morgan fingerprint density at radius 3 is 2.82 bits per heavy atom. The van der Waals surface area contributed by atoms with Gasteiger partial charge >= 0.3 is 0 Å². The molecule has 3 rings (SSSR count). The van der Waals surface area contributed by atoms with E-state index in [1.807, 2.05) is 0 Å². The van der Waals surface area contributed by atoms with Gasteiger partial charge in [0.2, 0.25) is 0 Å².